The number of pyridine rings is 1. The number of nitrogens with zero attached hydrogens (tertiary/aromatic N) is 4. The van der Waals surface area contributed by atoms with E-state index in [9.17, 15) is 4.79 Å². The van der Waals surface area contributed by atoms with Gasteiger partial charge in [0, 0.05) is 29.9 Å². The van der Waals surface area contributed by atoms with Crippen molar-refractivity contribution in [3.63, 3.8) is 0 Å². The van der Waals surface area contributed by atoms with Crippen LogP contribution >= 0.6 is 11.9 Å². The largest absolute Gasteiger partial charge is 0.378 e. The zero-order valence-electron chi connectivity index (χ0n) is 15.4. The first kappa shape index (κ1) is 17.5. The first-order valence-electron chi connectivity index (χ1n) is 9.18. The van der Waals surface area contributed by atoms with Gasteiger partial charge in [-0.05, 0) is 48.8 Å². The van der Waals surface area contributed by atoms with Gasteiger partial charge in [0.05, 0.1) is 18.7 Å². The van der Waals surface area contributed by atoms with Crippen molar-refractivity contribution >= 4 is 40.4 Å². The monoisotopic (exact) mass is 396 g/mol. The zero-order valence-corrected chi connectivity index (χ0v) is 16.2. The molecule has 2 aliphatic rings. The van der Waals surface area contributed by atoms with Crippen LogP contribution < -0.4 is 5.32 Å². The summed E-state index contributed by atoms with van der Waals surface area (Å²) < 4.78 is 7.40. The molecule has 28 heavy (non-hydrogen) atoms. The average molecular weight is 396 g/mol. The predicted octanol–water partition coefficient (Wildman–Crippen LogP) is 2.55. The summed E-state index contributed by atoms with van der Waals surface area (Å²) in [6.45, 7) is 2.53. The molecule has 0 radical (unpaired) electrons. The highest BCUT2D eigenvalue weighted by atomic mass is 32.2. The summed E-state index contributed by atoms with van der Waals surface area (Å²) in [5.74, 6) is 0.827. The molecule has 1 amide bonds. The van der Waals surface area contributed by atoms with Crippen molar-refractivity contribution in [3.05, 3.63) is 42.1 Å². The molecule has 1 saturated heterocycles. The maximum absolute atomic E-state index is 13.0. The van der Waals surface area contributed by atoms with Gasteiger partial charge in [0.15, 0.2) is 5.82 Å². The Hall–Kier alpha value is -2.62. The van der Waals surface area contributed by atoms with Gasteiger partial charge < -0.3 is 15.0 Å². The second-order valence-corrected chi connectivity index (χ2v) is 8.03. The van der Waals surface area contributed by atoms with Crippen molar-refractivity contribution in [1.29, 1.82) is 0 Å². The summed E-state index contributed by atoms with van der Waals surface area (Å²) in [5, 5.41) is 10.6. The van der Waals surface area contributed by atoms with Crippen LogP contribution in [-0.2, 0) is 9.53 Å². The lowest BCUT2D eigenvalue weighted by atomic mass is 10.0. The molecule has 1 fully saturated rings. The molecule has 2 aliphatic heterocycles. The number of aromatic nitrogens is 3. The highest BCUT2D eigenvalue weighted by Gasteiger charge is 2.37. The summed E-state index contributed by atoms with van der Waals surface area (Å²) in [7, 11) is 1.96. The molecule has 4 heterocycles. The number of hydrogen-bond donors (Lipinski definition) is 2. The fraction of sp³-hybridized carbons (Fsp3) is 0.316. The highest BCUT2D eigenvalue weighted by molar-refractivity contribution is 7.97. The zero-order chi connectivity index (χ0) is 19.1. The van der Waals surface area contributed by atoms with Crippen molar-refractivity contribution in [2.45, 2.75) is 10.9 Å². The summed E-state index contributed by atoms with van der Waals surface area (Å²) in [6.07, 6.45) is 1.75. The highest BCUT2D eigenvalue weighted by Crippen LogP contribution is 2.45. The van der Waals surface area contributed by atoms with E-state index in [0.717, 1.165) is 27.2 Å². The van der Waals surface area contributed by atoms with Crippen LogP contribution in [0.4, 0.5) is 11.5 Å². The third-order valence-corrected chi connectivity index (χ3v) is 6.10. The SMILES string of the molecule is CN1Sc2cc(Nc3n[nH]c4cccnc34)ccc2C1C(=O)N1CCOCC1. The summed E-state index contributed by atoms with van der Waals surface area (Å²) in [4.78, 5) is 20.4. The van der Waals surface area contributed by atoms with Crippen LogP contribution in [0, 0.1) is 0 Å². The Labute approximate surface area is 166 Å². The predicted molar refractivity (Wildman–Crippen MR) is 107 cm³/mol. The maximum atomic E-state index is 13.0. The molecule has 1 unspecified atom stereocenters. The molecule has 9 heteroatoms. The van der Waals surface area contributed by atoms with Gasteiger partial charge in [-0.1, -0.05) is 6.07 Å². The first-order chi connectivity index (χ1) is 13.7. The van der Waals surface area contributed by atoms with Gasteiger partial charge in [-0.3, -0.25) is 14.9 Å². The van der Waals surface area contributed by atoms with E-state index >= 15 is 0 Å². The third kappa shape index (κ3) is 3.01. The molecule has 1 aromatic carbocycles. The molecule has 2 N–H and O–H groups in total. The quantitative estimate of drug-likeness (QED) is 0.658. The minimum atomic E-state index is -0.264. The molecule has 5 rings (SSSR count). The Morgan fingerprint density at radius 2 is 2.18 bits per heavy atom. The lowest BCUT2D eigenvalue weighted by molar-refractivity contribution is -0.139. The van der Waals surface area contributed by atoms with Gasteiger partial charge >= 0.3 is 0 Å². The van der Waals surface area contributed by atoms with E-state index < -0.39 is 0 Å². The van der Waals surface area contributed by atoms with Gasteiger partial charge in [-0.25, -0.2) is 4.31 Å². The van der Waals surface area contributed by atoms with E-state index in [2.05, 4.69) is 26.6 Å². The van der Waals surface area contributed by atoms with Crippen LogP contribution in [0.5, 0.6) is 0 Å². The van der Waals surface area contributed by atoms with Gasteiger partial charge in [-0.2, -0.15) is 5.10 Å². The second kappa shape index (κ2) is 7.08. The summed E-state index contributed by atoms with van der Waals surface area (Å²) in [5.41, 5.74) is 3.64. The number of likely N-dealkylation sites (N-methyl/N-ethyl adjacent to an activating group) is 1. The van der Waals surface area contributed by atoms with E-state index in [1.807, 2.05) is 40.5 Å². The maximum Gasteiger partial charge on any atom is 0.245 e. The fourth-order valence-corrected chi connectivity index (χ4v) is 4.73. The van der Waals surface area contributed by atoms with Gasteiger partial charge in [0.25, 0.3) is 0 Å². The smallest absolute Gasteiger partial charge is 0.245 e. The van der Waals surface area contributed by atoms with Crippen molar-refractivity contribution in [3.8, 4) is 0 Å². The third-order valence-electron chi connectivity index (χ3n) is 5.05. The molecular weight excluding hydrogens is 376 g/mol. The average Bonchev–Trinajstić information content (AvgIpc) is 3.28. The number of carbonyl (C=O) groups is 1. The number of ether oxygens (including phenoxy) is 1. The Balaban J connectivity index is 1.40. The minimum Gasteiger partial charge on any atom is -0.378 e. The molecule has 0 bridgehead atoms. The molecule has 2 aromatic heterocycles. The molecular formula is C19H20N6O2S. The standard InChI is InChI=1S/C19H20N6O2S/c1-24-17(19(26)25-7-9-27-10-8-25)13-5-4-12(11-15(13)28-24)21-18-16-14(22-23-18)3-2-6-20-16/h2-6,11,17H,7-10H2,1H3,(H2,21,22,23). The number of amides is 1. The van der Waals surface area contributed by atoms with Crippen LogP contribution in [0.25, 0.3) is 11.0 Å². The molecule has 144 valence electrons. The summed E-state index contributed by atoms with van der Waals surface area (Å²) in [6, 6.07) is 9.63. The lowest BCUT2D eigenvalue weighted by Crippen LogP contribution is -2.44. The van der Waals surface area contributed by atoms with Crippen molar-refractivity contribution in [1.82, 2.24) is 24.4 Å². The molecule has 8 nitrogen and oxygen atoms in total. The van der Waals surface area contributed by atoms with E-state index in [0.29, 0.717) is 32.1 Å². The van der Waals surface area contributed by atoms with Crippen LogP contribution in [0.1, 0.15) is 11.6 Å². The van der Waals surface area contributed by atoms with Crippen LogP contribution in [0.3, 0.4) is 0 Å². The lowest BCUT2D eigenvalue weighted by Gasteiger charge is -2.31. The molecule has 0 saturated carbocycles. The Morgan fingerprint density at radius 3 is 3.04 bits per heavy atom. The van der Waals surface area contributed by atoms with Crippen LogP contribution in [-0.4, -0.2) is 63.6 Å². The van der Waals surface area contributed by atoms with Gasteiger partial charge in [0.2, 0.25) is 5.91 Å². The fourth-order valence-electron chi connectivity index (χ4n) is 3.64. The number of morpholine rings is 1. The number of nitrogens with one attached hydrogen (secondary N) is 2. The van der Waals surface area contributed by atoms with E-state index in [4.69, 9.17) is 4.74 Å². The second-order valence-electron chi connectivity index (χ2n) is 6.83. The Kier molecular flexibility index (Phi) is 4.42. The molecule has 0 spiro atoms. The topological polar surface area (TPSA) is 86.4 Å². The number of rotatable bonds is 3. The van der Waals surface area contributed by atoms with Gasteiger partial charge in [0.1, 0.15) is 11.6 Å². The van der Waals surface area contributed by atoms with Crippen molar-refractivity contribution < 1.29 is 9.53 Å². The van der Waals surface area contributed by atoms with Crippen molar-refractivity contribution in [2.24, 2.45) is 0 Å². The Bertz CT molecular complexity index is 1030. The van der Waals surface area contributed by atoms with Crippen LogP contribution in [0.15, 0.2) is 41.4 Å². The summed E-state index contributed by atoms with van der Waals surface area (Å²) >= 11 is 1.59. The molecule has 3 aromatic rings. The number of H-pyrrole nitrogens is 1. The van der Waals surface area contributed by atoms with Crippen LogP contribution in [0.2, 0.25) is 0 Å². The molecule has 1 atom stereocenters. The number of carbonyl (C=O) groups excluding carboxylic acids is 1. The van der Waals surface area contributed by atoms with Crippen molar-refractivity contribution in [2.75, 3.05) is 38.7 Å². The normalized spacial score (nSPS) is 19.8. The van der Waals surface area contributed by atoms with Gasteiger partial charge in [-0.15, -0.1) is 0 Å². The number of aromatic amines is 1. The number of anilines is 2. The Morgan fingerprint density at radius 1 is 1.32 bits per heavy atom. The number of benzene rings is 1. The van der Waals surface area contributed by atoms with E-state index in [1.165, 1.54) is 0 Å². The number of fused-ring (bicyclic) bond motifs is 2. The number of hydrogen-bond acceptors (Lipinski definition) is 7. The van der Waals surface area contributed by atoms with E-state index in [1.54, 1.807) is 18.1 Å². The van der Waals surface area contributed by atoms with E-state index in [-0.39, 0.29) is 11.9 Å². The minimum absolute atomic E-state index is 0.139. The first-order valence-corrected chi connectivity index (χ1v) is 9.95. The molecule has 0 aliphatic carbocycles.